The van der Waals surface area contributed by atoms with E-state index in [1.54, 1.807) is 0 Å². The fraction of sp³-hybridized carbons (Fsp3) is 1.00. The Hall–Kier alpha value is -0.120. The van der Waals surface area contributed by atoms with Crippen LogP contribution >= 0.6 is 0 Å². The molecule has 0 saturated heterocycles. The van der Waals surface area contributed by atoms with E-state index in [0.717, 1.165) is 19.4 Å². The fourth-order valence-corrected chi connectivity index (χ4v) is 3.13. The quantitative estimate of drug-likeness (QED) is 0.726. The summed E-state index contributed by atoms with van der Waals surface area (Å²) in [4.78, 5) is 2.17. The van der Waals surface area contributed by atoms with Crippen LogP contribution < -0.4 is 0 Å². The third kappa shape index (κ3) is 5.36. The van der Waals surface area contributed by atoms with Gasteiger partial charge in [-0.2, -0.15) is 0 Å². The van der Waals surface area contributed by atoms with Crippen molar-refractivity contribution >= 4 is 0 Å². The average molecular weight is 243 g/mol. The summed E-state index contributed by atoms with van der Waals surface area (Å²) in [5.41, 5.74) is -0.591. The zero-order chi connectivity index (χ0) is 12.9. The van der Waals surface area contributed by atoms with Gasteiger partial charge >= 0.3 is 0 Å². The molecule has 17 heavy (non-hydrogen) atoms. The van der Waals surface area contributed by atoms with Crippen molar-refractivity contribution < 1.29 is 10.2 Å². The van der Waals surface area contributed by atoms with Gasteiger partial charge in [-0.3, -0.25) is 0 Å². The Morgan fingerprint density at radius 3 is 2.06 bits per heavy atom. The van der Waals surface area contributed by atoms with Crippen LogP contribution in [0.4, 0.5) is 0 Å². The molecule has 1 fully saturated rings. The van der Waals surface area contributed by atoms with E-state index < -0.39 is 5.60 Å². The molecule has 1 aliphatic rings. The number of hydrogen-bond donors (Lipinski definition) is 2. The standard InChI is InChI=1S/C14H29NO2/c1-13(2,17)10-15(3)11-14(12-16)8-6-4-5-7-9-14/h16-17H,4-12H2,1-3H3. The van der Waals surface area contributed by atoms with Gasteiger partial charge in [-0.15, -0.1) is 0 Å². The normalized spacial score (nSPS) is 21.5. The molecule has 3 nitrogen and oxygen atoms in total. The predicted octanol–water partition coefficient (Wildman–Crippen LogP) is 2.02. The number of rotatable bonds is 5. The summed E-state index contributed by atoms with van der Waals surface area (Å²) in [6, 6.07) is 0. The summed E-state index contributed by atoms with van der Waals surface area (Å²) < 4.78 is 0. The first kappa shape index (κ1) is 14.9. The highest BCUT2D eigenvalue weighted by molar-refractivity contribution is 4.85. The molecule has 0 aromatic heterocycles. The van der Waals surface area contributed by atoms with Crippen molar-refractivity contribution in [2.75, 3.05) is 26.7 Å². The Morgan fingerprint density at radius 2 is 1.65 bits per heavy atom. The van der Waals surface area contributed by atoms with Crippen LogP contribution in [0.15, 0.2) is 0 Å². The van der Waals surface area contributed by atoms with Crippen molar-refractivity contribution in [1.82, 2.24) is 4.90 Å². The van der Waals surface area contributed by atoms with Crippen LogP contribution in [0.1, 0.15) is 52.4 Å². The summed E-state index contributed by atoms with van der Waals surface area (Å²) in [6.45, 7) is 5.51. The second kappa shape index (κ2) is 6.17. The molecular formula is C14H29NO2. The van der Waals surface area contributed by atoms with Crippen molar-refractivity contribution in [3.05, 3.63) is 0 Å². The van der Waals surface area contributed by atoms with Gasteiger partial charge in [0.2, 0.25) is 0 Å². The van der Waals surface area contributed by atoms with Gasteiger partial charge in [0.25, 0.3) is 0 Å². The maximum Gasteiger partial charge on any atom is 0.0718 e. The van der Waals surface area contributed by atoms with Gasteiger partial charge < -0.3 is 15.1 Å². The Balaban J connectivity index is 2.54. The van der Waals surface area contributed by atoms with Gasteiger partial charge in [-0.1, -0.05) is 25.7 Å². The van der Waals surface area contributed by atoms with Gasteiger partial charge in [0, 0.05) is 25.1 Å². The van der Waals surface area contributed by atoms with Crippen molar-refractivity contribution in [2.45, 2.75) is 58.0 Å². The monoisotopic (exact) mass is 243 g/mol. The van der Waals surface area contributed by atoms with Crippen molar-refractivity contribution in [3.63, 3.8) is 0 Å². The highest BCUT2D eigenvalue weighted by Gasteiger charge is 2.32. The maximum absolute atomic E-state index is 9.83. The van der Waals surface area contributed by atoms with Gasteiger partial charge in [-0.25, -0.2) is 0 Å². The Kier molecular flexibility index (Phi) is 5.42. The largest absolute Gasteiger partial charge is 0.396 e. The second-order valence-electron chi connectivity index (χ2n) is 6.56. The lowest BCUT2D eigenvalue weighted by atomic mass is 9.80. The van der Waals surface area contributed by atoms with Crippen molar-refractivity contribution in [1.29, 1.82) is 0 Å². The summed E-state index contributed by atoms with van der Waals surface area (Å²) >= 11 is 0. The van der Waals surface area contributed by atoms with Gasteiger partial charge in [0.05, 0.1) is 5.60 Å². The second-order valence-corrected chi connectivity index (χ2v) is 6.56. The number of hydrogen-bond acceptors (Lipinski definition) is 3. The fourth-order valence-electron chi connectivity index (χ4n) is 3.13. The molecule has 0 amide bonds. The van der Waals surface area contributed by atoms with Crippen LogP contribution in [-0.2, 0) is 0 Å². The molecule has 0 aromatic rings. The third-order valence-electron chi connectivity index (χ3n) is 3.76. The molecule has 102 valence electrons. The molecule has 0 aromatic carbocycles. The Labute approximate surface area is 106 Å². The molecule has 3 heteroatoms. The predicted molar refractivity (Wildman–Crippen MR) is 71.0 cm³/mol. The molecule has 0 radical (unpaired) electrons. The summed E-state index contributed by atoms with van der Waals surface area (Å²) in [6.07, 6.45) is 7.32. The van der Waals surface area contributed by atoms with E-state index in [9.17, 15) is 10.2 Å². The number of aliphatic hydroxyl groups excluding tert-OH is 1. The van der Waals surface area contributed by atoms with E-state index in [1.165, 1.54) is 25.7 Å². The lowest BCUT2D eigenvalue weighted by Crippen LogP contribution is -2.44. The Bertz CT molecular complexity index is 215. The molecule has 0 aliphatic heterocycles. The van der Waals surface area contributed by atoms with E-state index >= 15 is 0 Å². The first-order valence-electron chi connectivity index (χ1n) is 6.89. The van der Waals surface area contributed by atoms with E-state index in [-0.39, 0.29) is 12.0 Å². The molecule has 0 spiro atoms. The molecule has 1 saturated carbocycles. The minimum Gasteiger partial charge on any atom is -0.396 e. The molecule has 1 rings (SSSR count). The Morgan fingerprint density at radius 1 is 1.12 bits per heavy atom. The van der Waals surface area contributed by atoms with Crippen LogP contribution in [0, 0.1) is 5.41 Å². The highest BCUT2D eigenvalue weighted by atomic mass is 16.3. The SMILES string of the molecule is CN(CC(C)(C)O)CC1(CO)CCCCCC1. The highest BCUT2D eigenvalue weighted by Crippen LogP contribution is 2.35. The maximum atomic E-state index is 9.83. The smallest absolute Gasteiger partial charge is 0.0718 e. The van der Waals surface area contributed by atoms with Crippen LogP contribution in [0.5, 0.6) is 0 Å². The average Bonchev–Trinajstić information content (AvgIpc) is 2.41. The van der Waals surface area contributed by atoms with Crippen molar-refractivity contribution in [2.24, 2.45) is 5.41 Å². The summed E-state index contributed by atoms with van der Waals surface area (Å²) in [7, 11) is 2.04. The van der Waals surface area contributed by atoms with Gasteiger partial charge in [0.15, 0.2) is 0 Å². The van der Waals surface area contributed by atoms with Crippen molar-refractivity contribution in [3.8, 4) is 0 Å². The van der Waals surface area contributed by atoms with Crippen LogP contribution in [-0.4, -0.2) is 47.5 Å². The molecule has 0 unspecified atom stereocenters. The summed E-state index contributed by atoms with van der Waals surface area (Å²) in [5, 5.41) is 19.6. The van der Waals surface area contributed by atoms with E-state index in [4.69, 9.17) is 0 Å². The molecule has 1 aliphatic carbocycles. The number of aliphatic hydroxyl groups is 2. The first-order chi connectivity index (χ1) is 7.87. The molecule has 0 heterocycles. The first-order valence-corrected chi connectivity index (χ1v) is 6.89. The zero-order valence-corrected chi connectivity index (χ0v) is 11.7. The lowest BCUT2D eigenvalue weighted by Gasteiger charge is -2.37. The van der Waals surface area contributed by atoms with E-state index in [2.05, 4.69) is 4.90 Å². The summed E-state index contributed by atoms with van der Waals surface area (Å²) in [5.74, 6) is 0. The molecule has 0 bridgehead atoms. The zero-order valence-electron chi connectivity index (χ0n) is 11.7. The van der Waals surface area contributed by atoms with E-state index in [1.807, 2.05) is 20.9 Å². The number of nitrogens with zero attached hydrogens (tertiary/aromatic N) is 1. The van der Waals surface area contributed by atoms with E-state index in [0.29, 0.717) is 6.54 Å². The molecule has 0 atom stereocenters. The third-order valence-corrected chi connectivity index (χ3v) is 3.76. The van der Waals surface area contributed by atoms with Gasteiger partial charge in [0.1, 0.15) is 0 Å². The van der Waals surface area contributed by atoms with Crippen LogP contribution in [0.2, 0.25) is 0 Å². The minimum absolute atomic E-state index is 0.0660. The topological polar surface area (TPSA) is 43.7 Å². The molecule has 2 N–H and O–H groups in total. The lowest BCUT2D eigenvalue weighted by molar-refractivity contribution is 0.0124. The molecular weight excluding hydrogens is 214 g/mol. The van der Waals surface area contributed by atoms with Crippen LogP contribution in [0.25, 0.3) is 0 Å². The number of likely N-dealkylation sites (N-methyl/N-ethyl adjacent to an activating group) is 1. The van der Waals surface area contributed by atoms with Crippen LogP contribution in [0.3, 0.4) is 0 Å². The van der Waals surface area contributed by atoms with Gasteiger partial charge in [-0.05, 0) is 33.7 Å². The minimum atomic E-state index is -0.657.